The van der Waals surface area contributed by atoms with Crippen LogP contribution in [0.5, 0.6) is 5.75 Å². The summed E-state index contributed by atoms with van der Waals surface area (Å²) in [5.74, 6) is -1.10. The highest BCUT2D eigenvalue weighted by Crippen LogP contribution is 2.25. The smallest absolute Gasteiger partial charge is 0.269 e. The number of benzene rings is 2. The molecule has 0 aromatic heterocycles. The predicted molar refractivity (Wildman–Crippen MR) is 83.9 cm³/mol. The number of hydrogen-bond acceptors (Lipinski definition) is 5. The van der Waals surface area contributed by atoms with Gasteiger partial charge < -0.3 is 14.2 Å². The minimum Gasteiger partial charge on any atom is -0.450 e. The Kier molecular flexibility index (Phi) is 6.54. The fraction of sp³-hybridized carbons (Fsp3) is 0.200. The number of nitro groups is 1. The number of aliphatic hydroxyl groups excluding tert-OH is 1. The van der Waals surface area contributed by atoms with Crippen molar-refractivity contribution in [2.75, 3.05) is 6.61 Å². The quantitative estimate of drug-likeness (QED) is 0.335. The van der Waals surface area contributed by atoms with E-state index in [1.165, 1.54) is 24.3 Å². The molecule has 0 saturated carbocycles. The fourth-order valence-corrected chi connectivity index (χ4v) is 2.35. The van der Waals surface area contributed by atoms with Gasteiger partial charge in [-0.1, -0.05) is 0 Å². The fourth-order valence-electron chi connectivity index (χ4n) is 1.86. The van der Waals surface area contributed by atoms with Crippen LogP contribution in [0.4, 0.5) is 14.5 Å². The molecule has 0 aliphatic carbocycles. The van der Waals surface area contributed by atoms with Crippen LogP contribution in [0, 0.1) is 21.7 Å². The molecule has 0 saturated heterocycles. The first-order valence-electron chi connectivity index (χ1n) is 6.88. The van der Waals surface area contributed by atoms with Crippen molar-refractivity contribution in [2.24, 2.45) is 0 Å². The van der Waals surface area contributed by atoms with E-state index in [2.05, 4.69) is 0 Å². The zero-order valence-electron chi connectivity index (χ0n) is 12.3. The van der Waals surface area contributed by atoms with Crippen LogP contribution in [-0.4, -0.2) is 16.6 Å². The largest absolute Gasteiger partial charge is 0.450 e. The molecule has 0 fully saturated rings. The second kappa shape index (κ2) is 8.63. The number of hydrogen-bond donors (Lipinski definition) is 1. The molecule has 9 heteroatoms. The molecular formula is C15H14F2NO5P. The van der Waals surface area contributed by atoms with Crippen molar-refractivity contribution in [3.8, 4) is 5.75 Å². The van der Waals surface area contributed by atoms with Gasteiger partial charge in [0.2, 0.25) is 9.03 Å². The first-order chi connectivity index (χ1) is 11.5. The predicted octanol–water partition coefficient (Wildman–Crippen LogP) is 3.90. The van der Waals surface area contributed by atoms with Gasteiger partial charge in [-0.2, -0.15) is 0 Å². The topological polar surface area (TPSA) is 81.8 Å². The lowest BCUT2D eigenvalue weighted by Crippen LogP contribution is -2.02. The number of halogens is 2. The SMILES string of the molecule is O=[N+]([O-])c1ccc(OPOCC[C@@H](O)c2cc(F)cc(F)c2)cc1. The van der Waals surface area contributed by atoms with Crippen LogP contribution in [0.3, 0.4) is 0 Å². The maximum atomic E-state index is 13.1. The Labute approximate surface area is 138 Å². The highest BCUT2D eigenvalue weighted by Gasteiger charge is 2.11. The third-order valence-electron chi connectivity index (χ3n) is 3.03. The molecule has 0 bridgehead atoms. The van der Waals surface area contributed by atoms with Crippen molar-refractivity contribution < 1.29 is 27.9 Å². The standard InChI is InChI=1S/C15H14F2NO5P/c16-11-7-10(8-12(17)9-11)15(19)5-6-22-24-23-14-3-1-13(2-4-14)18(20)21/h1-4,7-9,15,19,24H,5-6H2/t15-/m1/s1. The summed E-state index contributed by atoms with van der Waals surface area (Å²) >= 11 is 0. The minimum absolute atomic E-state index is 0.0444. The second-order valence-corrected chi connectivity index (χ2v) is 5.45. The molecule has 24 heavy (non-hydrogen) atoms. The summed E-state index contributed by atoms with van der Waals surface area (Å²) in [5, 5.41) is 20.4. The molecule has 0 aliphatic heterocycles. The molecule has 1 N–H and O–H groups in total. The molecule has 0 aliphatic rings. The van der Waals surface area contributed by atoms with Gasteiger partial charge in [-0.15, -0.1) is 0 Å². The van der Waals surface area contributed by atoms with Crippen LogP contribution in [0.15, 0.2) is 42.5 Å². The molecule has 128 valence electrons. The third kappa shape index (κ3) is 5.49. The molecular weight excluding hydrogens is 343 g/mol. The van der Waals surface area contributed by atoms with Crippen molar-refractivity contribution >= 4 is 14.7 Å². The van der Waals surface area contributed by atoms with Crippen molar-refractivity contribution in [1.29, 1.82) is 0 Å². The Bertz CT molecular complexity index is 679. The van der Waals surface area contributed by atoms with Crippen LogP contribution >= 0.6 is 9.03 Å². The van der Waals surface area contributed by atoms with Crippen molar-refractivity contribution in [3.63, 3.8) is 0 Å². The molecule has 2 aromatic rings. The van der Waals surface area contributed by atoms with Gasteiger partial charge in [0.15, 0.2) is 0 Å². The van der Waals surface area contributed by atoms with E-state index in [9.17, 15) is 24.0 Å². The van der Waals surface area contributed by atoms with Crippen LogP contribution in [-0.2, 0) is 4.52 Å². The van der Waals surface area contributed by atoms with Gasteiger partial charge >= 0.3 is 0 Å². The summed E-state index contributed by atoms with van der Waals surface area (Å²) in [4.78, 5) is 9.99. The van der Waals surface area contributed by atoms with E-state index in [0.717, 1.165) is 18.2 Å². The molecule has 0 radical (unpaired) electrons. The van der Waals surface area contributed by atoms with Crippen molar-refractivity contribution in [1.82, 2.24) is 0 Å². The number of nitrogens with zero attached hydrogens (tertiary/aromatic N) is 1. The normalized spacial score (nSPS) is 12.5. The second-order valence-electron chi connectivity index (χ2n) is 4.79. The third-order valence-corrected chi connectivity index (χ3v) is 3.67. The van der Waals surface area contributed by atoms with E-state index >= 15 is 0 Å². The monoisotopic (exact) mass is 357 g/mol. The van der Waals surface area contributed by atoms with Gasteiger partial charge in [0.1, 0.15) is 17.4 Å². The molecule has 6 nitrogen and oxygen atoms in total. The molecule has 0 spiro atoms. The van der Waals surface area contributed by atoms with Crippen molar-refractivity contribution in [3.05, 3.63) is 69.8 Å². The summed E-state index contributed by atoms with van der Waals surface area (Å²) in [7, 11) is -0.376. The number of nitro benzene ring substituents is 1. The minimum atomic E-state index is -1.06. The zero-order chi connectivity index (χ0) is 17.5. The zero-order valence-corrected chi connectivity index (χ0v) is 13.3. The van der Waals surface area contributed by atoms with Crippen LogP contribution < -0.4 is 4.52 Å². The Balaban J connectivity index is 1.71. The number of non-ortho nitro benzene ring substituents is 1. The van der Waals surface area contributed by atoms with Gasteiger partial charge in [0.25, 0.3) is 5.69 Å². The van der Waals surface area contributed by atoms with E-state index in [-0.39, 0.29) is 33.3 Å². The van der Waals surface area contributed by atoms with Gasteiger partial charge in [-0.3, -0.25) is 10.1 Å². The highest BCUT2D eigenvalue weighted by molar-refractivity contribution is 7.26. The maximum Gasteiger partial charge on any atom is 0.269 e. The van der Waals surface area contributed by atoms with E-state index in [1.54, 1.807) is 0 Å². The summed E-state index contributed by atoms with van der Waals surface area (Å²) in [6.45, 7) is 0.116. The van der Waals surface area contributed by atoms with E-state index in [4.69, 9.17) is 9.05 Å². The molecule has 1 unspecified atom stereocenters. The van der Waals surface area contributed by atoms with Crippen molar-refractivity contribution in [2.45, 2.75) is 12.5 Å². The average Bonchev–Trinajstić information content (AvgIpc) is 2.54. The van der Waals surface area contributed by atoms with Gasteiger partial charge in [-0.25, -0.2) is 8.78 Å². The average molecular weight is 357 g/mol. The molecule has 0 amide bonds. The summed E-state index contributed by atoms with van der Waals surface area (Å²) in [6.07, 6.45) is -0.918. The number of aliphatic hydroxyl groups is 1. The van der Waals surface area contributed by atoms with Crippen LogP contribution in [0.1, 0.15) is 18.1 Å². The summed E-state index contributed by atoms with van der Waals surface area (Å²) < 4.78 is 36.5. The molecule has 0 heterocycles. The lowest BCUT2D eigenvalue weighted by molar-refractivity contribution is -0.384. The Hall–Kier alpha value is -2.15. The number of rotatable bonds is 8. The lowest BCUT2D eigenvalue weighted by Gasteiger charge is -2.11. The maximum absolute atomic E-state index is 13.1. The van der Waals surface area contributed by atoms with Gasteiger partial charge in [-0.05, 0) is 29.8 Å². The Morgan fingerprint density at radius 3 is 2.38 bits per heavy atom. The van der Waals surface area contributed by atoms with E-state index < -0.39 is 22.7 Å². The highest BCUT2D eigenvalue weighted by atomic mass is 31.1. The van der Waals surface area contributed by atoms with Crippen LogP contribution in [0.2, 0.25) is 0 Å². The molecule has 2 atom stereocenters. The first kappa shape index (κ1) is 18.2. The van der Waals surface area contributed by atoms with Crippen LogP contribution in [0.25, 0.3) is 0 Å². The van der Waals surface area contributed by atoms with Gasteiger partial charge in [0.05, 0.1) is 17.6 Å². The van der Waals surface area contributed by atoms with E-state index in [1.807, 2.05) is 0 Å². The molecule has 2 rings (SSSR count). The Morgan fingerprint density at radius 2 is 1.79 bits per heavy atom. The summed E-state index contributed by atoms with van der Waals surface area (Å²) in [5.41, 5.74) is 0.0905. The van der Waals surface area contributed by atoms with E-state index in [0.29, 0.717) is 5.75 Å². The molecule has 2 aromatic carbocycles. The Morgan fingerprint density at radius 1 is 1.17 bits per heavy atom. The van der Waals surface area contributed by atoms with Gasteiger partial charge in [0, 0.05) is 24.6 Å². The lowest BCUT2D eigenvalue weighted by atomic mass is 10.1. The summed E-state index contributed by atoms with van der Waals surface area (Å²) in [6, 6.07) is 8.35. The first-order valence-corrected chi connectivity index (χ1v) is 7.69.